The fraction of sp³-hybridized carbons (Fsp3) is 0.667. The van der Waals surface area contributed by atoms with Crippen molar-refractivity contribution < 1.29 is 20.1 Å². The first-order valence-electron chi connectivity index (χ1n) is 8.43. The number of aromatic hydroxyl groups is 1. The van der Waals surface area contributed by atoms with Crippen molar-refractivity contribution in [3.05, 3.63) is 29.8 Å². The first-order chi connectivity index (χ1) is 10.9. The number of phenolic OH excluding ortho intramolecular Hbond substituents is 1. The number of rotatable bonds is 3. The van der Waals surface area contributed by atoms with Crippen molar-refractivity contribution in [1.82, 2.24) is 4.90 Å². The Morgan fingerprint density at radius 2 is 1.87 bits per heavy atom. The third-order valence-corrected chi connectivity index (χ3v) is 5.37. The topological polar surface area (TPSA) is 73.2 Å². The van der Waals surface area contributed by atoms with Crippen LogP contribution >= 0.6 is 0 Å². The number of piperidine rings is 1. The molecular weight excluding hydrogens is 294 g/mol. The molecule has 1 spiro atoms. The highest BCUT2D eigenvalue weighted by Gasteiger charge is 2.48. The van der Waals surface area contributed by atoms with Crippen LogP contribution in [0.2, 0.25) is 0 Å². The summed E-state index contributed by atoms with van der Waals surface area (Å²) in [6.07, 6.45) is 2.47. The number of ether oxygens (including phenoxy) is 1. The maximum absolute atomic E-state index is 10.3. The van der Waals surface area contributed by atoms with Crippen molar-refractivity contribution in [3.63, 3.8) is 0 Å². The first kappa shape index (κ1) is 16.7. The molecule has 3 rings (SSSR count). The van der Waals surface area contributed by atoms with Gasteiger partial charge >= 0.3 is 0 Å². The Labute approximate surface area is 137 Å². The van der Waals surface area contributed by atoms with Crippen LogP contribution in [0.15, 0.2) is 24.3 Å². The second-order valence-corrected chi connectivity index (χ2v) is 7.30. The Kier molecular flexibility index (Phi) is 4.65. The quantitative estimate of drug-likeness (QED) is 0.783. The van der Waals surface area contributed by atoms with Crippen LogP contribution in [0.3, 0.4) is 0 Å². The maximum atomic E-state index is 10.3. The van der Waals surface area contributed by atoms with Gasteiger partial charge in [0.1, 0.15) is 11.9 Å². The van der Waals surface area contributed by atoms with E-state index >= 15 is 0 Å². The number of hydrogen-bond acceptors (Lipinski definition) is 5. The van der Waals surface area contributed by atoms with Crippen molar-refractivity contribution in [3.8, 4) is 5.75 Å². The average Bonchev–Trinajstić information content (AvgIpc) is 2.52. The molecule has 3 N–H and O–H groups in total. The molecule has 0 unspecified atom stereocenters. The van der Waals surface area contributed by atoms with E-state index in [9.17, 15) is 15.3 Å². The normalized spacial score (nSPS) is 31.3. The second kappa shape index (κ2) is 6.40. The molecule has 0 aromatic heterocycles. The number of nitrogens with zero attached hydrogens (tertiary/aromatic N) is 1. The van der Waals surface area contributed by atoms with Gasteiger partial charge in [-0.25, -0.2) is 0 Å². The lowest BCUT2D eigenvalue weighted by atomic mass is 9.76. The summed E-state index contributed by atoms with van der Waals surface area (Å²) >= 11 is 0. The van der Waals surface area contributed by atoms with Gasteiger partial charge in [-0.05, 0) is 43.9 Å². The van der Waals surface area contributed by atoms with Crippen LogP contribution in [-0.4, -0.2) is 63.8 Å². The van der Waals surface area contributed by atoms with Gasteiger partial charge in [-0.2, -0.15) is 0 Å². The van der Waals surface area contributed by atoms with Gasteiger partial charge in [0.2, 0.25) is 0 Å². The summed E-state index contributed by atoms with van der Waals surface area (Å²) in [6.45, 7) is 4.81. The third kappa shape index (κ3) is 3.86. The van der Waals surface area contributed by atoms with E-state index in [-0.39, 0.29) is 12.2 Å². The monoisotopic (exact) mass is 321 g/mol. The molecule has 2 fully saturated rings. The molecule has 2 aliphatic rings. The van der Waals surface area contributed by atoms with Crippen LogP contribution in [0.4, 0.5) is 0 Å². The molecule has 2 heterocycles. The van der Waals surface area contributed by atoms with Crippen molar-refractivity contribution in [2.45, 2.75) is 49.9 Å². The van der Waals surface area contributed by atoms with Crippen molar-refractivity contribution in [2.24, 2.45) is 0 Å². The van der Waals surface area contributed by atoms with E-state index in [1.54, 1.807) is 19.1 Å². The number of phenols is 1. The Bertz CT molecular complexity index is 520. The third-order valence-electron chi connectivity index (χ3n) is 5.37. The standard InChI is InChI=1S/C18H27NO4/c1-17(22)13-18(23-12-16(17)21)7-10-19(11-8-18)9-6-14-2-4-15(20)5-3-14/h2-5,16,20-22H,6-13H2,1H3/t16-,17-/m0/s1. The van der Waals surface area contributed by atoms with Crippen molar-refractivity contribution in [1.29, 1.82) is 0 Å². The maximum Gasteiger partial charge on any atom is 0.115 e. The predicted molar refractivity (Wildman–Crippen MR) is 87.4 cm³/mol. The lowest BCUT2D eigenvalue weighted by Crippen LogP contribution is -2.59. The van der Waals surface area contributed by atoms with E-state index < -0.39 is 11.7 Å². The predicted octanol–water partition coefficient (Wildman–Crippen LogP) is 1.30. The molecule has 0 aliphatic carbocycles. The zero-order chi connectivity index (χ0) is 16.5. The first-order valence-corrected chi connectivity index (χ1v) is 8.43. The highest BCUT2D eigenvalue weighted by atomic mass is 16.5. The van der Waals surface area contributed by atoms with Crippen LogP contribution in [0.25, 0.3) is 0 Å². The Balaban J connectivity index is 1.49. The van der Waals surface area contributed by atoms with Crippen molar-refractivity contribution >= 4 is 0 Å². The second-order valence-electron chi connectivity index (χ2n) is 7.30. The molecule has 1 aromatic rings. The number of likely N-dealkylation sites (tertiary alicyclic amines) is 1. The average molecular weight is 321 g/mol. The molecular formula is C18H27NO4. The Morgan fingerprint density at radius 1 is 1.22 bits per heavy atom. The molecule has 5 heteroatoms. The number of benzene rings is 1. The highest BCUT2D eigenvalue weighted by Crippen LogP contribution is 2.39. The van der Waals surface area contributed by atoms with E-state index in [1.807, 2.05) is 12.1 Å². The number of aliphatic hydroxyl groups excluding tert-OH is 1. The van der Waals surface area contributed by atoms with Crippen LogP contribution in [0, 0.1) is 0 Å². The molecule has 2 saturated heterocycles. The van der Waals surface area contributed by atoms with Crippen molar-refractivity contribution in [2.75, 3.05) is 26.2 Å². The summed E-state index contributed by atoms with van der Waals surface area (Å²) in [4.78, 5) is 2.42. The van der Waals surface area contributed by atoms with Gasteiger partial charge in [-0.3, -0.25) is 0 Å². The minimum Gasteiger partial charge on any atom is -0.508 e. The van der Waals surface area contributed by atoms with Crippen LogP contribution in [-0.2, 0) is 11.2 Å². The Hall–Kier alpha value is -1.14. The molecule has 2 atom stereocenters. The summed E-state index contributed by atoms with van der Waals surface area (Å²) in [5, 5.41) is 29.5. The van der Waals surface area contributed by atoms with Crippen LogP contribution < -0.4 is 0 Å². The summed E-state index contributed by atoms with van der Waals surface area (Å²) in [6, 6.07) is 7.38. The molecule has 0 bridgehead atoms. The Morgan fingerprint density at radius 3 is 2.48 bits per heavy atom. The molecule has 0 radical (unpaired) electrons. The number of hydrogen-bond donors (Lipinski definition) is 3. The summed E-state index contributed by atoms with van der Waals surface area (Å²) in [7, 11) is 0. The lowest BCUT2D eigenvalue weighted by Gasteiger charge is -2.50. The van der Waals surface area contributed by atoms with Gasteiger partial charge in [0.15, 0.2) is 0 Å². The zero-order valence-electron chi connectivity index (χ0n) is 13.7. The lowest BCUT2D eigenvalue weighted by molar-refractivity contribution is -0.222. The molecule has 2 aliphatic heterocycles. The zero-order valence-corrected chi connectivity index (χ0v) is 13.7. The van der Waals surface area contributed by atoms with Crippen LogP contribution in [0.5, 0.6) is 5.75 Å². The van der Waals surface area contributed by atoms with E-state index in [2.05, 4.69) is 4.90 Å². The summed E-state index contributed by atoms with van der Waals surface area (Å²) in [5.74, 6) is 0.303. The minimum atomic E-state index is -1.05. The minimum absolute atomic E-state index is 0.223. The molecule has 5 nitrogen and oxygen atoms in total. The van der Waals surface area contributed by atoms with Gasteiger partial charge in [-0.15, -0.1) is 0 Å². The fourth-order valence-corrected chi connectivity index (χ4v) is 3.71. The molecule has 1 aromatic carbocycles. The van der Waals surface area contributed by atoms with Gasteiger partial charge in [-0.1, -0.05) is 12.1 Å². The van der Waals surface area contributed by atoms with E-state index in [0.717, 1.165) is 38.9 Å². The van der Waals surface area contributed by atoms with Crippen LogP contribution in [0.1, 0.15) is 31.7 Å². The summed E-state index contributed by atoms with van der Waals surface area (Å²) in [5.41, 5.74) is -0.104. The smallest absolute Gasteiger partial charge is 0.115 e. The van der Waals surface area contributed by atoms with E-state index in [1.165, 1.54) is 5.56 Å². The molecule has 23 heavy (non-hydrogen) atoms. The van der Waals surface area contributed by atoms with Gasteiger partial charge < -0.3 is 25.0 Å². The fourth-order valence-electron chi connectivity index (χ4n) is 3.71. The van der Waals surface area contributed by atoms with Gasteiger partial charge in [0.05, 0.1) is 17.8 Å². The van der Waals surface area contributed by atoms with E-state index in [4.69, 9.17) is 4.74 Å². The number of aliphatic hydroxyl groups is 2. The molecule has 128 valence electrons. The van der Waals surface area contributed by atoms with Gasteiger partial charge in [0.25, 0.3) is 0 Å². The highest BCUT2D eigenvalue weighted by molar-refractivity contribution is 5.26. The molecule has 0 amide bonds. The molecule has 0 saturated carbocycles. The summed E-state index contributed by atoms with van der Waals surface area (Å²) < 4.78 is 5.91. The van der Waals surface area contributed by atoms with E-state index in [0.29, 0.717) is 12.2 Å². The SMILES string of the molecule is C[C@]1(O)CC2(CCN(CCc3ccc(O)cc3)CC2)OC[C@@H]1O. The van der Waals surface area contributed by atoms with Gasteiger partial charge in [0, 0.05) is 26.1 Å². The largest absolute Gasteiger partial charge is 0.508 e.